The molecule has 1 fully saturated rings. The van der Waals surface area contributed by atoms with Gasteiger partial charge < -0.3 is 9.84 Å². The van der Waals surface area contributed by atoms with E-state index in [0.29, 0.717) is 12.5 Å². The number of hydrogen-bond acceptors (Lipinski definition) is 2. The summed E-state index contributed by atoms with van der Waals surface area (Å²) in [6, 6.07) is 19.5. The Morgan fingerprint density at radius 3 is 2.56 bits per heavy atom. The van der Waals surface area contributed by atoms with Crippen molar-refractivity contribution >= 4 is 16.7 Å². The summed E-state index contributed by atoms with van der Waals surface area (Å²) in [5.41, 5.74) is 4.32. The molecule has 3 heteroatoms. The topological polar surface area (TPSA) is 46.5 Å². The minimum Gasteiger partial charge on any atom is -0.489 e. The molecule has 0 saturated heterocycles. The van der Waals surface area contributed by atoms with E-state index in [0.717, 1.165) is 43.4 Å². The minimum atomic E-state index is -0.659. The molecule has 0 heterocycles. The van der Waals surface area contributed by atoms with E-state index in [-0.39, 0.29) is 11.3 Å². The second kappa shape index (κ2) is 8.45. The van der Waals surface area contributed by atoms with Crippen molar-refractivity contribution in [3.8, 4) is 5.75 Å². The maximum Gasteiger partial charge on any atom is 0.309 e. The molecule has 5 rings (SSSR count). The first-order valence-electron chi connectivity index (χ1n) is 12.7. The second-order valence-corrected chi connectivity index (χ2v) is 11.3. The highest BCUT2D eigenvalue weighted by Crippen LogP contribution is 2.58. The van der Waals surface area contributed by atoms with Crippen LogP contribution in [0, 0.1) is 11.3 Å². The first-order chi connectivity index (χ1) is 16.2. The third-order valence-electron chi connectivity index (χ3n) is 8.80. The molecule has 3 aromatic rings. The monoisotopic (exact) mass is 456 g/mol. The number of ether oxygens (including phenoxy) is 1. The number of aryl methyl sites for hydroxylation is 1. The predicted molar refractivity (Wildman–Crippen MR) is 138 cm³/mol. The molecular formula is C31H36O3. The number of rotatable bonds is 5. The van der Waals surface area contributed by atoms with Crippen molar-refractivity contribution < 1.29 is 14.6 Å². The van der Waals surface area contributed by atoms with Crippen molar-refractivity contribution in [1.29, 1.82) is 0 Å². The van der Waals surface area contributed by atoms with E-state index in [1.54, 1.807) is 0 Å². The van der Waals surface area contributed by atoms with Crippen LogP contribution < -0.4 is 4.74 Å². The van der Waals surface area contributed by atoms with Crippen LogP contribution in [0.1, 0.15) is 81.5 Å². The number of carboxylic acids is 1. The number of carboxylic acid groups (broad SMARTS) is 1. The molecule has 2 aliphatic rings. The molecule has 0 aromatic heterocycles. The highest BCUT2D eigenvalue weighted by atomic mass is 16.5. The van der Waals surface area contributed by atoms with Gasteiger partial charge in [0.25, 0.3) is 0 Å². The Morgan fingerprint density at radius 1 is 1.06 bits per heavy atom. The first-order valence-corrected chi connectivity index (χ1v) is 12.7. The van der Waals surface area contributed by atoms with E-state index in [1.807, 2.05) is 6.92 Å². The van der Waals surface area contributed by atoms with Gasteiger partial charge in [0, 0.05) is 0 Å². The lowest BCUT2D eigenvalue weighted by molar-refractivity contribution is -0.157. The van der Waals surface area contributed by atoms with E-state index in [9.17, 15) is 9.90 Å². The lowest BCUT2D eigenvalue weighted by Crippen LogP contribution is -2.52. The third-order valence-corrected chi connectivity index (χ3v) is 8.80. The van der Waals surface area contributed by atoms with Crippen molar-refractivity contribution in [2.75, 3.05) is 0 Å². The SMILES string of the molecule is CC(C)c1cc2c(cc1OCc1ccc3ccccc3c1)[C@@]1(C)CCC[C@@](C)(C(=O)O)[C@@H]1CC2. The molecule has 2 aliphatic carbocycles. The van der Waals surface area contributed by atoms with Crippen molar-refractivity contribution in [2.24, 2.45) is 11.3 Å². The maximum atomic E-state index is 12.3. The summed E-state index contributed by atoms with van der Waals surface area (Å²) < 4.78 is 6.51. The van der Waals surface area contributed by atoms with Crippen LogP contribution in [-0.4, -0.2) is 11.1 Å². The molecule has 34 heavy (non-hydrogen) atoms. The van der Waals surface area contributed by atoms with Gasteiger partial charge in [-0.25, -0.2) is 0 Å². The number of fused-ring (bicyclic) bond motifs is 4. The molecule has 0 spiro atoms. The van der Waals surface area contributed by atoms with Gasteiger partial charge in [-0.1, -0.05) is 69.7 Å². The highest BCUT2D eigenvalue weighted by molar-refractivity contribution is 5.83. The molecule has 1 saturated carbocycles. The molecule has 1 N–H and O–H groups in total. The zero-order valence-corrected chi connectivity index (χ0v) is 20.9. The van der Waals surface area contributed by atoms with E-state index in [4.69, 9.17) is 4.74 Å². The Balaban J connectivity index is 1.51. The molecular weight excluding hydrogens is 420 g/mol. The summed E-state index contributed by atoms with van der Waals surface area (Å²) in [7, 11) is 0. The third kappa shape index (κ3) is 3.70. The largest absolute Gasteiger partial charge is 0.489 e. The Kier molecular flexibility index (Phi) is 5.70. The van der Waals surface area contributed by atoms with Crippen molar-refractivity contribution in [3.05, 3.63) is 76.9 Å². The lowest BCUT2D eigenvalue weighted by Gasteiger charge is -2.53. The standard InChI is InChI=1S/C31H36O3/c1-20(2)25-17-24-12-13-28-30(3,14-7-15-31(28,4)29(32)33)26(24)18-27(25)34-19-21-10-11-22-8-5-6-9-23(22)16-21/h5-6,8-11,16-18,20,28H,7,12-15,19H2,1-4H3,(H,32,33)/t28-,30-,31-/m1/s1. The molecule has 0 radical (unpaired) electrons. The summed E-state index contributed by atoms with van der Waals surface area (Å²) in [5, 5.41) is 12.6. The van der Waals surface area contributed by atoms with Crippen molar-refractivity contribution in [1.82, 2.24) is 0 Å². The quantitative estimate of drug-likeness (QED) is 0.429. The molecule has 3 aromatic carbocycles. The fraction of sp³-hybridized carbons (Fsp3) is 0.452. The van der Waals surface area contributed by atoms with Crippen LogP contribution in [0.4, 0.5) is 0 Å². The molecule has 178 valence electrons. The van der Waals surface area contributed by atoms with Crippen LogP contribution >= 0.6 is 0 Å². The van der Waals surface area contributed by atoms with Gasteiger partial charge in [0.2, 0.25) is 0 Å². The van der Waals surface area contributed by atoms with Gasteiger partial charge in [-0.05, 0) is 95.0 Å². The fourth-order valence-corrected chi connectivity index (χ4v) is 6.84. The van der Waals surface area contributed by atoms with Gasteiger partial charge in [0.1, 0.15) is 12.4 Å². The van der Waals surface area contributed by atoms with E-state index in [2.05, 4.69) is 75.4 Å². The Morgan fingerprint density at radius 2 is 1.82 bits per heavy atom. The Hall–Kier alpha value is -2.81. The van der Waals surface area contributed by atoms with Crippen LogP contribution in [0.5, 0.6) is 5.75 Å². The highest BCUT2D eigenvalue weighted by Gasteiger charge is 2.55. The molecule has 3 atom stereocenters. The van der Waals surface area contributed by atoms with Crippen LogP contribution in [-0.2, 0) is 23.2 Å². The second-order valence-electron chi connectivity index (χ2n) is 11.3. The summed E-state index contributed by atoms with van der Waals surface area (Å²) in [5.74, 6) is 0.819. The Labute approximate surface area is 203 Å². The maximum absolute atomic E-state index is 12.3. The van der Waals surface area contributed by atoms with E-state index >= 15 is 0 Å². The molecule has 0 unspecified atom stereocenters. The Bertz CT molecular complexity index is 1240. The summed E-state index contributed by atoms with van der Waals surface area (Å²) in [6.07, 6.45) is 4.66. The van der Waals surface area contributed by atoms with Gasteiger partial charge in [0.05, 0.1) is 5.41 Å². The van der Waals surface area contributed by atoms with Crippen LogP contribution in [0.2, 0.25) is 0 Å². The lowest BCUT2D eigenvalue weighted by atomic mass is 9.49. The van der Waals surface area contributed by atoms with E-state index < -0.39 is 11.4 Å². The molecule has 3 nitrogen and oxygen atoms in total. The van der Waals surface area contributed by atoms with Crippen molar-refractivity contribution in [3.63, 3.8) is 0 Å². The predicted octanol–water partition coefficient (Wildman–Crippen LogP) is 7.64. The summed E-state index contributed by atoms with van der Waals surface area (Å²) in [6.45, 7) is 9.25. The number of hydrogen-bond donors (Lipinski definition) is 1. The van der Waals surface area contributed by atoms with Gasteiger partial charge in [-0.2, -0.15) is 0 Å². The average Bonchev–Trinajstić information content (AvgIpc) is 2.82. The molecule has 0 bridgehead atoms. The average molecular weight is 457 g/mol. The summed E-state index contributed by atoms with van der Waals surface area (Å²) >= 11 is 0. The van der Waals surface area contributed by atoms with Gasteiger partial charge >= 0.3 is 5.97 Å². The number of carbonyl (C=O) groups is 1. The fourth-order valence-electron chi connectivity index (χ4n) is 6.84. The molecule has 0 amide bonds. The smallest absolute Gasteiger partial charge is 0.309 e. The summed E-state index contributed by atoms with van der Waals surface area (Å²) in [4.78, 5) is 12.3. The van der Waals surface area contributed by atoms with Crippen LogP contribution in [0.25, 0.3) is 10.8 Å². The normalized spacial score (nSPS) is 26.2. The van der Waals surface area contributed by atoms with Gasteiger partial charge in [-0.3, -0.25) is 4.79 Å². The first kappa shape index (κ1) is 23.0. The number of benzene rings is 3. The molecule has 0 aliphatic heterocycles. The van der Waals surface area contributed by atoms with Crippen molar-refractivity contribution in [2.45, 2.75) is 77.7 Å². The zero-order valence-electron chi connectivity index (χ0n) is 20.9. The van der Waals surface area contributed by atoms with Crippen LogP contribution in [0.15, 0.2) is 54.6 Å². The number of aliphatic carboxylic acids is 1. The van der Waals surface area contributed by atoms with Gasteiger partial charge in [-0.15, -0.1) is 0 Å². The zero-order chi connectivity index (χ0) is 24.1. The minimum absolute atomic E-state index is 0.129. The van der Waals surface area contributed by atoms with Crippen LogP contribution in [0.3, 0.4) is 0 Å². The van der Waals surface area contributed by atoms with Gasteiger partial charge in [0.15, 0.2) is 0 Å². The van der Waals surface area contributed by atoms with E-state index in [1.165, 1.54) is 27.5 Å².